The minimum atomic E-state index is 0.0488. The standard InChI is InChI=1S/C17H21NO2/c1-2-15-10-7-12-18(15)17(20)16-11-4-3-8-14(16)9-5-6-13-19/h3-4,8,11,15,19H,2,6-7,10,12-13H2,1H3. The number of amides is 1. The van der Waals surface area contributed by atoms with Crippen LogP contribution in [0.25, 0.3) is 0 Å². The smallest absolute Gasteiger partial charge is 0.255 e. The lowest BCUT2D eigenvalue weighted by Crippen LogP contribution is -2.35. The van der Waals surface area contributed by atoms with Crippen molar-refractivity contribution in [2.45, 2.75) is 38.6 Å². The average Bonchev–Trinajstić information content (AvgIpc) is 2.96. The molecule has 3 nitrogen and oxygen atoms in total. The van der Waals surface area contributed by atoms with Crippen LogP contribution in [0.4, 0.5) is 0 Å². The van der Waals surface area contributed by atoms with Gasteiger partial charge in [-0.1, -0.05) is 30.9 Å². The van der Waals surface area contributed by atoms with E-state index in [0.29, 0.717) is 18.0 Å². The molecule has 0 spiro atoms. The monoisotopic (exact) mass is 271 g/mol. The molecule has 1 aliphatic rings. The number of rotatable bonds is 3. The summed E-state index contributed by atoms with van der Waals surface area (Å²) in [5.74, 6) is 5.97. The van der Waals surface area contributed by atoms with Crippen LogP contribution in [-0.2, 0) is 0 Å². The van der Waals surface area contributed by atoms with Gasteiger partial charge < -0.3 is 10.0 Å². The number of hydrogen-bond acceptors (Lipinski definition) is 2. The van der Waals surface area contributed by atoms with Crippen LogP contribution in [0.3, 0.4) is 0 Å². The molecule has 1 N–H and O–H groups in total. The van der Waals surface area contributed by atoms with Crippen molar-refractivity contribution in [3.63, 3.8) is 0 Å². The predicted octanol–water partition coefficient (Wildman–Crippen LogP) is 2.44. The van der Waals surface area contributed by atoms with E-state index in [2.05, 4.69) is 18.8 Å². The summed E-state index contributed by atoms with van der Waals surface area (Å²) >= 11 is 0. The van der Waals surface area contributed by atoms with E-state index in [4.69, 9.17) is 5.11 Å². The topological polar surface area (TPSA) is 40.5 Å². The number of aliphatic hydroxyl groups is 1. The Morgan fingerprint density at radius 1 is 1.45 bits per heavy atom. The molecule has 106 valence electrons. The van der Waals surface area contributed by atoms with Crippen LogP contribution in [0.2, 0.25) is 0 Å². The third kappa shape index (κ3) is 3.20. The molecule has 1 aliphatic heterocycles. The Labute approximate surface area is 120 Å². The molecule has 0 radical (unpaired) electrons. The van der Waals surface area contributed by atoms with Crippen LogP contribution in [0, 0.1) is 11.8 Å². The zero-order valence-corrected chi connectivity index (χ0v) is 11.9. The largest absolute Gasteiger partial charge is 0.395 e. The molecular formula is C17H21NO2. The molecule has 1 atom stereocenters. The highest BCUT2D eigenvalue weighted by Gasteiger charge is 2.28. The van der Waals surface area contributed by atoms with Gasteiger partial charge in [0, 0.05) is 24.6 Å². The SMILES string of the molecule is CCC1CCCN1C(=O)c1ccccc1C#CCCO. The Bertz CT molecular complexity index is 527. The van der Waals surface area contributed by atoms with Crippen molar-refractivity contribution in [2.24, 2.45) is 0 Å². The van der Waals surface area contributed by atoms with Gasteiger partial charge in [0.25, 0.3) is 5.91 Å². The number of aliphatic hydroxyl groups excluding tert-OH is 1. The van der Waals surface area contributed by atoms with Crippen molar-refractivity contribution in [1.82, 2.24) is 4.90 Å². The molecule has 1 heterocycles. The third-order valence-electron chi connectivity index (χ3n) is 3.73. The van der Waals surface area contributed by atoms with Crippen LogP contribution in [0.5, 0.6) is 0 Å². The predicted molar refractivity (Wildman–Crippen MR) is 79.4 cm³/mol. The van der Waals surface area contributed by atoms with E-state index in [9.17, 15) is 4.79 Å². The molecule has 0 saturated carbocycles. The Morgan fingerprint density at radius 2 is 2.25 bits per heavy atom. The van der Waals surface area contributed by atoms with Gasteiger partial charge in [0.2, 0.25) is 0 Å². The number of carbonyl (C=O) groups is 1. The van der Waals surface area contributed by atoms with Crippen LogP contribution >= 0.6 is 0 Å². The van der Waals surface area contributed by atoms with Crippen molar-refractivity contribution in [2.75, 3.05) is 13.2 Å². The first-order valence-corrected chi connectivity index (χ1v) is 7.27. The minimum Gasteiger partial charge on any atom is -0.395 e. The van der Waals surface area contributed by atoms with Crippen LogP contribution in [0.1, 0.15) is 48.5 Å². The molecular weight excluding hydrogens is 250 g/mol. The second-order valence-electron chi connectivity index (χ2n) is 5.02. The maximum Gasteiger partial charge on any atom is 0.255 e. The fraction of sp³-hybridized carbons (Fsp3) is 0.471. The summed E-state index contributed by atoms with van der Waals surface area (Å²) < 4.78 is 0. The maximum atomic E-state index is 12.7. The second-order valence-corrected chi connectivity index (χ2v) is 5.02. The third-order valence-corrected chi connectivity index (χ3v) is 3.73. The summed E-state index contributed by atoms with van der Waals surface area (Å²) in [6.07, 6.45) is 3.62. The average molecular weight is 271 g/mol. The summed E-state index contributed by atoms with van der Waals surface area (Å²) in [7, 11) is 0. The lowest BCUT2D eigenvalue weighted by molar-refractivity contribution is 0.0733. The normalized spacial score (nSPS) is 17.7. The first-order chi connectivity index (χ1) is 9.77. The molecule has 1 aromatic carbocycles. The number of benzene rings is 1. The summed E-state index contributed by atoms with van der Waals surface area (Å²) in [6, 6.07) is 7.84. The van der Waals surface area contributed by atoms with Gasteiger partial charge in [0.15, 0.2) is 0 Å². The molecule has 3 heteroatoms. The van der Waals surface area contributed by atoms with E-state index < -0.39 is 0 Å². The van der Waals surface area contributed by atoms with Gasteiger partial charge in [-0.3, -0.25) is 4.79 Å². The zero-order chi connectivity index (χ0) is 14.4. The Balaban J connectivity index is 2.24. The maximum absolute atomic E-state index is 12.7. The first kappa shape index (κ1) is 14.6. The van der Waals surface area contributed by atoms with E-state index in [-0.39, 0.29) is 12.5 Å². The number of carbonyl (C=O) groups excluding carboxylic acids is 1. The van der Waals surface area contributed by atoms with Crippen LogP contribution < -0.4 is 0 Å². The van der Waals surface area contributed by atoms with Gasteiger partial charge in [0.05, 0.1) is 12.2 Å². The van der Waals surface area contributed by atoms with Gasteiger partial charge in [0.1, 0.15) is 0 Å². The molecule has 1 saturated heterocycles. The molecule has 1 unspecified atom stereocenters. The molecule has 0 bridgehead atoms. The molecule has 2 rings (SSSR count). The fourth-order valence-corrected chi connectivity index (χ4v) is 2.67. The highest BCUT2D eigenvalue weighted by molar-refractivity contribution is 5.97. The lowest BCUT2D eigenvalue weighted by Gasteiger charge is -2.24. The molecule has 1 aromatic rings. The van der Waals surface area contributed by atoms with Crippen LogP contribution in [0.15, 0.2) is 24.3 Å². The Kier molecular flexibility index (Phi) is 5.20. The first-order valence-electron chi connectivity index (χ1n) is 7.27. The van der Waals surface area contributed by atoms with E-state index in [0.717, 1.165) is 31.4 Å². The van der Waals surface area contributed by atoms with Crippen molar-refractivity contribution in [3.05, 3.63) is 35.4 Å². The molecule has 0 aliphatic carbocycles. The second kappa shape index (κ2) is 7.12. The van der Waals surface area contributed by atoms with Crippen molar-refractivity contribution in [1.29, 1.82) is 0 Å². The minimum absolute atomic E-state index is 0.0488. The summed E-state index contributed by atoms with van der Waals surface area (Å²) in [4.78, 5) is 14.7. The summed E-state index contributed by atoms with van der Waals surface area (Å²) in [5.41, 5.74) is 1.44. The quantitative estimate of drug-likeness (QED) is 0.858. The van der Waals surface area contributed by atoms with Gasteiger partial charge in [-0.25, -0.2) is 0 Å². The lowest BCUT2D eigenvalue weighted by atomic mass is 10.1. The van der Waals surface area contributed by atoms with Gasteiger partial charge in [-0.15, -0.1) is 0 Å². The summed E-state index contributed by atoms with van der Waals surface area (Å²) in [5, 5.41) is 8.78. The van der Waals surface area contributed by atoms with Gasteiger partial charge in [-0.2, -0.15) is 0 Å². The highest BCUT2D eigenvalue weighted by atomic mass is 16.2. The van der Waals surface area contributed by atoms with Crippen molar-refractivity contribution >= 4 is 5.91 Å². The fourth-order valence-electron chi connectivity index (χ4n) is 2.67. The summed E-state index contributed by atoms with van der Waals surface area (Å²) in [6.45, 7) is 3.02. The number of nitrogens with zero attached hydrogens (tertiary/aromatic N) is 1. The molecule has 1 fully saturated rings. The van der Waals surface area contributed by atoms with E-state index in [1.54, 1.807) is 0 Å². The highest BCUT2D eigenvalue weighted by Crippen LogP contribution is 2.23. The van der Waals surface area contributed by atoms with E-state index >= 15 is 0 Å². The van der Waals surface area contributed by atoms with Gasteiger partial charge in [-0.05, 0) is 31.4 Å². The van der Waals surface area contributed by atoms with Crippen LogP contribution in [-0.4, -0.2) is 35.1 Å². The molecule has 0 aromatic heterocycles. The van der Waals surface area contributed by atoms with Crippen molar-refractivity contribution < 1.29 is 9.90 Å². The Morgan fingerprint density at radius 3 is 3.00 bits per heavy atom. The molecule has 1 amide bonds. The van der Waals surface area contributed by atoms with Crippen molar-refractivity contribution in [3.8, 4) is 11.8 Å². The number of likely N-dealkylation sites (tertiary alicyclic amines) is 1. The van der Waals surface area contributed by atoms with E-state index in [1.165, 1.54) is 0 Å². The number of hydrogen-bond donors (Lipinski definition) is 1. The Hall–Kier alpha value is -1.79. The van der Waals surface area contributed by atoms with E-state index in [1.807, 2.05) is 29.2 Å². The zero-order valence-electron chi connectivity index (χ0n) is 11.9. The van der Waals surface area contributed by atoms with Gasteiger partial charge >= 0.3 is 0 Å². The molecule has 20 heavy (non-hydrogen) atoms.